The molecular formula is C17H19BrClNS. The Balaban J connectivity index is 2.09. The van der Waals surface area contributed by atoms with Crippen LogP contribution in [0.25, 0.3) is 0 Å². The lowest BCUT2D eigenvalue weighted by Crippen LogP contribution is -2.19. The molecule has 4 heteroatoms. The smallest absolute Gasteiger partial charge is 0.0406 e. The second-order valence-corrected chi connectivity index (χ2v) is 7.35. The summed E-state index contributed by atoms with van der Waals surface area (Å²) in [6.07, 6.45) is 1.15. The molecule has 0 aliphatic heterocycles. The number of rotatable bonds is 6. The van der Waals surface area contributed by atoms with Gasteiger partial charge in [-0.15, -0.1) is 0 Å². The zero-order chi connectivity index (χ0) is 15.2. The summed E-state index contributed by atoms with van der Waals surface area (Å²) in [5.74, 6) is 0. The maximum atomic E-state index is 5.91. The summed E-state index contributed by atoms with van der Waals surface area (Å²) in [7, 11) is 0. The van der Waals surface area contributed by atoms with Gasteiger partial charge in [-0.3, -0.25) is 0 Å². The van der Waals surface area contributed by atoms with Crippen molar-refractivity contribution in [3.05, 3.63) is 57.5 Å². The van der Waals surface area contributed by atoms with Gasteiger partial charge in [-0.05, 0) is 61.9 Å². The molecule has 21 heavy (non-hydrogen) atoms. The average Bonchev–Trinajstić information content (AvgIpc) is 2.47. The van der Waals surface area contributed by atoms with Crippen molar-refractivity contribution in [2.75, 3.05) is 6.54 Å². The first-order valence-electron chi connectivity index (χ1n) is 7.06. The van der Waals surface area contributed by atoms with E-state index in [0.29, 0.717) is 6.04 Å². The fourth-order valence-corrected chi connectivity index (χ4v) is 3.89. The number of benzene rings is 2. The highest BCUT2D eigenvalue weighted by Crippen LogP contribution is 2.33. The quantitative estimate of drug-likeness (QED) is 0.626. The molecule has 0 saturated carbocycles. The highest BCUT2D eigenvalue weighted by atomic mass is 79.9. The highest BCUT2D eigenvalue weighted by molar-refractivity contribution is 9.10. The number of hydrogen-bond donors (Lipinski definition) is 1. The van der Waals surface area contributed by atoms with Crippen LogP contribution in [-0.2, 0) is 0 Å². The maximum absolute atomic E-state index is 5.91. The Morgan fingerprint density at radius 1 is 1.14 bits per heavy atom. The first kappa shape index (κ1) is 16.9. The van der Waals surface area contributed by atoms with Crippen molar-refractivity contribution in [2.24, 2.45) is 0 Å². The Kier molecular flexibility index (Phi) is 6.62. The van der Waals surface area contributed by atoms with E-state index in [0.717, 1.165) is 22.5 Å². The Labute approximate surface area is 144 Å². The van der Waals surface area contributed by atoms with Crippen molar-refractivity contribution >= 4 is 39.3 Å². The molecule has 0 amide bonds. The largest absolute Gasteiger partial charge is 0.310 e. The molecule has 1 N–H and O–H groups in total. The molecule has 2 aromatic carbocycles. The van der Waals surface area contributed by atoms with Crippen LogP contribution in [-0.4, -0.2) is 6.54 Å². The van der Waals surface area contributed by atoms with Gasteiger partial charge in [0.05, 0.1) is 0 Å². The Morgan fingerprint density at radius 2 is 1.81 bits per heavy atom. The van der Waals surface area contributed by atoms with Gasteiger partial charge in [-0.25, -0.2) is 0 Å². The van der Waals surface area contributed by atoms with Gasteiger partial charge in [0, 0.05) is 25.3 Å². The maximum Gasteiger partial charge on any atom is 0.0406 e. The van der Waals surface area contributed by atoms with Crippen LogP contribution in [0.2, 0.25) is 5.02 Å². The third-order valence-electron chi connectivity index (χ3n) is 3.19. The monoisotopic (exact) mass is 383 g/mol. The predicted octanol–water partition coefficient (Wildman–Crippen LogP) is 6.31. The first-order valence-corrected chi connectivity index (χ1v) is 9.05. The third kappa shape index (κ3) is 5.03. The Bertz CT molecular complexity index is 586. The van der Waals surface area contributed by atoms with E-state index in [4.69, 9.17) is 11.6 Å². The summed E-state index contributed by atoms with van der Waals surface area (Å²) in [5, 5.41) is 4.28. The van der Waals surface area contributed by atoms with Crippen LogP contribution in [0, 0.1) is 0 Å². The lowest BCUT2D eigenvalue weighted by molar-refractivity contribution is 0.568. The van der Waals surface area contributed by atoms with Gasteiger partial charge in [-0.1, -0.05) is 52.3 Å². The van der Waals surface area contributed by atoms with Gasteiger partial charge in [0.1, 0.15) is 0 Å². The van der Waals surface area contributed by atoms with Gasteiger partial charge in [0.2, 0.25) is 0 Å². The predicted molar refractivity (Wildman–Crippen MR) is 96.4 cm³/mol. The van der Waals surface area contributed by atoms with E-state index < -0.39 is 0 Å². The van der Waals surface area contributed by atoms with Crippen molar-refractivity contribution in [1.82, 2.24) is 5.32 Å². The molecule has 0 heterocycles. The average molecular weight is 385 g/mol. The van der Waals surface area contributed by atoms with Crippen molar-refractivity contribution < 1.29 is 0 Å². The van der Waals surface area contributed by atoms with Gasteiger partial charge < -0.3 is 5.32 Å². The molecule has 0 fully saturated rings. The fourth-order valence-electron chi connectivity index (χ4n) is 2.03. The molecule has 112 valence electrons. The van der Waals surface area contributed by atoms with Crippen LogP contribution in [0.3, 0.4) is 0 Å². The SMILES string of the molecule is CCCNC(C)c1ccc(Sc2ccc(Cl)cc2)cc1Br. The highest BCUT2D eigenvalue weighted by Gasteiger charge is 2.09. The summed E-state index contributed by atoms with van der Waals surface area (Å²) in [4.78, 5) is 2.41. The van der Waals surface area contributed by atoms with Crippen LogP contribution in [0.4, 0.5) is 0 Å². The van der Waals surface area contributed by atoms with Crippen molar-refractivity contribution in [3.8, 4) is 0 Å². The lowest BCUT2D eigenvalue weighted by Gasteiger charge is -2.16. The topological polar surface area (TPSA) is 12.0 Å². The van der Waals surface area contributed by atoms with Crippen molar-refractivity contribution in [2.45, 2.75) is 36.1 Å². The van der Waals surface area contributed by atoms with Crippen molar-refractivity contribution in [1.29, 1.82) is 0 Å². The van der Waals surface area contributed by atoms with E-state index in [1.54, 1.807) is 11.8 Å². The standard InChI is InChI=1S/C17H19BrClNS/c1-3-10-20-12(2)16-9-8-15(11-17(16)18)21-14-6-4-13(19)5-7-14/h4-9,11-12,20H,3,10H2,1-2H3. The lowest BCUT2D eigenvalue weighted by atomic mass is 10.1. The number of halogens is 2. The summed E-state index contributed by atoms with van der Waals surface area (Å²) in [6.45, 7) is 5.41. The first-order chi connectivity index (χ1) is 10.1. The zero-order valence-electron chi connectivity index (χ0n) is 12.2. The van der Waals surface area contributed by atoms with Crippen LogP contribution >= 0.6 is 39.3 Å². The molecule has 2 rings (SSSR count). The van der Waals surface area contributed by atoms with E-state index in [1.165, 1.54) is 15.4 Å². The molecule has 0 bridgehead atoms. The van der Waals surface area contributed by atoms with Gasteiger partial charge >= 0.3 is 0 Å². The van der Waals surface area contributed by atoms with Gasteiger partial charge in [0.25, 0.3) is 0 Å². The molecule has 1 unspecified atom stereocenters. The van der Waals surface area contributed by atoms with E-state index in [-0.39, 0.29) is 0 Å². The van der Waals surface area contributed by atoms with Gasteiger partial charge in [-0.2, -0.15) is 0 Å². The second kappa shape index (κ2) is 8.23. The van der Waals surface area contributed by atoms with E-state index in [9.17, 15) is 0 Å². The Morgan fingerprint density at radius 3 is 2.43 bits per heavy atom. The minimum Gasteiger partial charge on any atom is -0.310 e. The summed E-state index contributed by atoms with van der Waals surface area (Å²) >= 11 is 11.3. The van der Waals surface area contributed by atoms with E-state index >= 15 is 0 Å². The van der Waals surface area contributed by atoms with Gasteiger partial charge in [0.15, 0.2) is 0 Å². The van der Waals surface area contributed by atoms with E-state index in [1.807, 2.05) is 24.3 Å². The fraction of sp³-hybridized carbons (Fsp3) is 0.294. The molecule has 1 atom stereocenters. The van der Waals surface area contributed by atoms with Crippen LogP contribution in [0.15, 0.2) is 56.7 Å². The second-order valence-electron chi connectivity index (χ2n) is 4.92. The summed E-state index contributed by atoms with van der Waals surface area (Å²) < 4.78 is 1.15. The van der Waals surface area contributed by atoms with Crippen LogP contribution in [0.1, 0.15) is 31.9 Å². The summed E-state index contributed by atoms with van der Waals surface area (Å²) in [5.41, 5.74) is 1.30. The van der Waals surface area contributed by atoms with E-state index in [2.05, 4.69) is 53.3 Å². The third-order valence-corrected chi connectivity index (χ3v) is 5.12. The number of nitrogens with one attached hydrogen (secondary N) is 1. The van der Waals surface area contributed by atoms with Crippen LogP contribution < -0.4 is 5.32 Å². The van der Waals surface area contributed by atoms with Crippen molar-refractivity contribution in [3.63, 3.8) is 0 Å². The molecule has 0 radical (unpaired) electrons. The minimum atomic E-state index is 0.355. The number of hydrogen-bond acceptors (Lipinski definition) is 2. The molecule has 0 aromatic heterocycles. The zero-order valence-corrected chi connectivity index (χ0v) is 15.4. The minimum absolute atomic E-state index is 0.355. The Hall–Kier alpha value is -0.480. The molecule has 1 nitrogen and oxygen atoms in total. The molecule has 0 aliphatic carbocycles. The molecule has 0 spiro atoms. The summed E-state index contributed by atoms with van der Waals surface area (Å²) in [6, 6.07) is 14.8. The normalized spacial score (nSPS) is 12.4. The molecular weight excluding hydrogens is 366 g/mol. The van der Waals surface area contributed by atoms with Crippen LogP contribution in [0.5, 0.6) is 0 Å². The molecule has 2 aromatic rings. The molecule has 0 aliphatic rings. The molecule has 0 saturated heterocycles.